The first kappa shape index (κ1) is 14.3. The zero-order chi connectivity index (χ0) is 14.8. The van der Waals surface area contributed by atoms with Gasteiger partial charge in [0.2, 0.25) is 5.91 Å². The minimum atomic E-state index is -0.243. The summed E-state index contributed by atoms with van der Waals surface area (Å²) in [7, 11) is 0. The highest BCUT2D eigenvalue weighted by Gasteiger charge is 2.42. The zero-order valence-corrected chi connectivity index (χ0v) is 13.1. The Morgan fingerprint density at radius 2 is 2.00 bits per heavy atom. The molecule has 2 heterocycles. The number of nitrogens with one attached hydrogen (secondary N) is 1. The molecule has 4 heteroatoms. The van der Waals surface area contributed by atoms with Gasteiger partial charge < -0.3 is 4.90 Å². The minimum absolute atomic E-state index is 0.0161. The van der Waals surface area contributed by atoms with Crippen molar-refractivity contribution < 1.29 is 4.79 Å². The fraction of sp³-hybridized carbons (Fsp3) is 0.353. The Balaban J connectivity index is 1.95. The van der Waals surface area contributed by atoms with E-state index in [1.807, 2.05) is 41.3 Å². The molecular weight excluding hydrogens is 280 g/mol. The minimum Gasteiger partial charge on any atom is -0.318 e. The molecule has 1 aromatic heterocycles. The van der Waals surface area contributed by atoms with Crippen molar-refractivity contribution in [3.05, 3.63) is 58.3 Å². The van der Waals surface area contributed by atoms with Crippen LogP contribution in [0.3, 0.4) is 0 Å². The summed E-state index contributed by atoms with van der Waals surface area (Å²) in [6, 6.07) is 14.1. The number of benzene rings is 1. The van der Waals surface area contributed by atoms with E-state index in [2.05, 4.69) is 30.6 Å². The van der Waals surface area contributed by atoms with Crippen LogP contribution in [0.1, 0.15) is 42.9 Å². The van der Waals surface area contributed by atoms with Crippen LogP contribution in [0.2, 0.25) is 0 Å². The smallest absolute Gasteiger partial charge is 0.246 e. The molecule has 110 valence electrons. The summed E-state index contributed by atoms with van der Waals surface area (Å²) in [5.41, 5.74) is 1.04. The molecule has 1 fully saturated rings. The number of nitrogens with zero attached hydrogens (tertiary/aromatic N) is 1. The van der Waals surface area contributed by atoms with Crippen molar-refractivity contribution >= 4 is 17.2 Å². The maximum absolute atomic E-state index is 12.9. The SMILES string of the molecule is CCC(C)N1C(=O)C(c2ccccc2)NC1c1cccs1. The van der Waals surface area contributed by atoms with Crippen LogP contribution in [-0.4, -0.2) is 16.8 Å². The van der Waals surface area contributed by atoms with Crippen LogP contribution in [-0.2, 0) is 4.79 Å². The van der Waals surface area contributed by atoms with Crippen LogP contribution in [0.15, 0.2) is 47.8 Å². The van der Waals surface area contributed by atoms with E-state index < -0.39 is 0 Å². The van der Waals surface area contributed by atoms with Gasteiger partial charge in [-0.05, 0) is 30.4 Å². The van der Waals surface area contributed by atoms with E-state index in [1.54, 1.807) is 11.3 Å². The Bertz CT molecular complexity index is 597. The van der Waals surface area contributed by atoms with Crippen LogP contribution in [0.4, 0.5) is 0 Å². The summed E-state index contributed by atoms with van der Waals surface area (Å²) >= 11 is 1.69. The average molecular weight is 300 g/mol. The normalized spacial score (nSPS) is 23.5. The topological polar surface area (TPSA) is 32.3 Å². The third-order valence-electron chi connectivity index (χ3n) is 4.12. The summed E-state index contributed by atoms with van der Waals surface area (Å²) in [6.45, 7) is 4.24. The fourth-order valence-electron chi connectivity index (χ4n) is 2.80. The van der Waals surface area contributed by atoms with Gasteiger partial charge in [0.1, 0.15) is 12.2 Å². The molecule has 3 atom stereocenters. The van der Waals surface area contributed by atoms with Crippen molar-refractivity contribution in [1.82, 2.24) is 10.2 Å². The lowest BCUT2D eigenvalue weighted by Crippen LogP contribution is -2.37. The van der Waals surface area contributed by atoms with E-state index in [-0.39, 0.29) is 24.2 Å². The van der Waals surface area contributed by atoms with E-state index in [1.165, 1.54) is 4.88 Å². The molecule has 1 saturated heterocycles. The first-order chi connectivity index (χ1) is 10.2. The van der Waals surface area contributed by atoms with Gasteiger partial charge in [0.15, 0.2) is 0 Å². The lowest BCUT2D eigenvalue weighted by molar-refractivity contribution is -0.132. The Morgan fingerprint density at radius 1 is 1.24 bits per heavy atom. The predicted molar refractivity (Wildman–Crippen MR) is 86.0 cm³/mol. The van der Waals surface area contributed by atoms with E-state index in [4.69, 9.17) is 0 Å². The lowest BCUT2D eigenvalue weighted by atomic mass is 10.1. The lowest BCUT2D eigenvalue weighted by Gasteiger charge is -2.29. The summed E-state index contributed by atoms with van der Waals surface area (Å²) in [5.74, 6) is 0.175. The number of carbonyl (C=O) groups is 1. The van der Waals surface area contributed by atoms with Gasteiger partial charge >= 0.3 is 0 Å². The second kappa shape index (κ2) is 6.00. The summed E-state index contributed by atoms with van der Waals surface area (Å²) in [6.07, 6.45) is 0.939. The summed E-state index contributed by atoms with van der Waals surface area (Å²) in [5, 5.41) is 5.57. The van der Waals surface area contributed by atoms with Gasteiger partial charge in [-0.2, -0.15) is 0 Å². The molecule has 3 unspecified atom stereocenters. The van der Waals surface area contributed by atoms with Crippen LogP contribution < -0.4 is 5.32 Å². The van der Waals surface area contributed by atoms with Gasteiger partial charge in [-0.1, -0.05) is 43.3 Å². The molecule has 0 radical (unpaired) electrons. The zero-order valence-electron chi connectivity index (χ0n) is 12.3. The highest BCUT2D eigenvalue weighted by molar-refractivity contribution is 7.10. The Hall–Kier alpha value is -1.65. The molecule has 0 bridgehead atoms. The quantitative estimate of drug-likeness (QED) is 0.933. The fourth-order valence-corrected chi connectivity index (χ4v) is 3.59. The van der Waals surface area contributed by atoms with Gasteiger partial charge in [0.25, 0.3) is 0 Å². The van der Waals surface area contributed by atoms with Crippen LogP contribution >= 0.6 is 11.3 Å². The molecule has 0 aliphatic carbocycles. The molecule has 1 N–H and O–H groups in total. The third kappa shape index (κ3) is 2.61. The molecular formula is C17H20N2OS. The highest BCUT2D eigenvalue weighted by Crippen LogP contribution is 2.36. The maximum Gasteiger partial charge on any atom is 0.246 e. The van der Waals surface area contributed by atoms with Gasteiger partial charge in [-0.3, -0.25) is 10.1 Å². The largest absolute Gasteiger partial charge is 0.318 e. The van der Waals surface area contributed by atoms with E-state index in [0.717, 1.165) is 12.0 Å². The Kier molecular flexibility index (Phi) is 4.08. The predicted octanol–water partition coefficient (Wildman–Crippen LogP) is 3.72. The molecule has 0 saturated carbocycles. The number of hydrogen-bond acceptors (Lipinski definition) is 3. The first-order valence-electron chi connectivity index (χ1n) is 7.39. The van der Waals surface area contributed by atoms with Gasteiger partial charge in [0, 0.05) is 10.9 Å². The average Bonchev–Trinajstić information content (AvgIpc) is 3.15. The maximum atomic E-state index is 12.9. The van der Waals surface area contributed by atoms with Gasteiger partial charge in [0.05, 0.1) is 0 Å². The molecule has 1 aliphatic rings. The van der Waals surface area contributed by atoms with E-state index in [0.29, 0.717) is 0 Å². The van der Waals surface area contributed by atoms with Gasteiger partial charge in [-0.25, -0.2) is 0 Å². The first-order valence-corrected chi connectivity index (χ1v) is 8.27. The van der Waals surface area contributed by atoms with Crippen molar-refractivity contribution in [2.45, 2.75) is 38.5 Å². The Morgan fingerprint density at radius 3 is 2.62 bits per heavy atom. The highest BCUT2D eigenvalue weighted by atomic mass is 32.1. The van der Waals surface area contributed by atoms with Crippen molar-refractivity contribution in [2.75, 3.05) is 0 Å². The molecule has 1 aromatic carbocycles. The third-order valence-corrected chi connectivity index (χ3v) is 5.04. The number of amides is 1. The van der Waals surface area contributed by atoms with Gasteiger partial charge in [-0.15, -0.1) is 11.3 Å². The molecule has 1 aliphatic heterocycles. The van der Waals surface area contributed by atoms with Crippen molar-refractivity contribution in [3.8, 4) is 0 Å². The monoisotopic (exact) mass is 300 g/mol. The Labute approximate surface area is 129 Å². The molecule has 3 nitrogen and oxygen atoms in total. The van der Waals surface area contributed by atoms with Crippen LogP contribution in [0.25, 0.3) is 0 Å². The van der Waals surface area contributed by atoms with Crippen LogP contribution in [0, 0.1) is 0 Å². The second-order valence-electron chi connectivity index (χ2n) is 5.43. The molecule has 21 heavy (non-hydrogen) atoms. The second-order valence-corrected chi connectivity index (χ2v) is 6.41. The summed E-state index contributed by atoms with van der Waals surface area (Å²) in [4.78, 5) is 16.1. The van der Waals surface area contributed by atoms with Crippen molar-refractivity contribution in [1.29, 1.82) is 0 Å². The summed E-state index contributed by atoms with van der Waals surface area (Å²) < 4.78 is 0. The number of rotatable bonds is 4. The van der Waals surface area contributed by atoms with Crippen LogP contribution in [0.5, 0.6) is 0 Å². The molecule has 3 rings (SSSR count). The molecule has 1 amide bonds. The molecule has 0 spiro atoms. The standard InChI is InChI=1S/C17H20N2OS/c1-3-12(2)19-16(14-10-7-11-21-14)18-15(17(19)20)13-8-5-4-6-9-13/h4-12,15-16,18H,3H2,1-2H3. The van der Waals surface area contributed by atoms with Crippen molar-refractivity contribution in [3.63, 3.8) is 0 Å². The number of carbonyl (C=O) groups excluding carboxylic acids is 1. The number of hydrogen-bond donors (Lipinski definition) is 1. The van der Waals surface area contributed by atoms with E-state index >= 15 is 0 Å². The van der Waals surface area contributed by atoms with E-state index in [9.17, 15) is 4.79 Å². The number of thiophene rings is 1. The molecule has 2 aromatic rings. The van der Waals surface area contributed by atoms with Crippen molar-refractivity contribution in [2.24, 2.45) is 0 Å².